The standard InChI is InChI=1S/C16H16BrFIN/c1-2-9-20-16(12-5-3-4-6-15(12)18)13-10-11(19)7-8-14(13)17/h3-8,10,16,20H,2,9H2,1H3. The Morgan fingerprint density at radius 2 is 1.95 bits per heavy atom. The van der Waals surface area contributed by atoms with Crippen LogP contribution in [0.2, 0.25) is 0 Å². The van der Waals surface area contributed by atoms with E-state index in [4.69, 9.17) is 0 Å². The van der Waals surface area contributed by atoms with E-state index in [0.717, 1.165) is 26.6 Å². The number of halogens is 3. The summed E-state index contributed by atoms with van der Waals surface area (Å²) in [7, 11) is 0. The van der Waals surface area contributed by atoms with Crippen LogP contribution in [0.5, 0.6) is 0 Å². The highest BCUT2D eigenvalue weighted by Crippen LogP contribution is 2.31. The lowest BCUT2D eigenvalue weighted by molar-refractivity contribution is 0.545. The highest BCUT2D eigenvalue weighted by molar-refractivity contribution is 14.1. The van der Waals surface area contributed by atoms with Crippen LogP contribution in [0.15, 0.2) is 46.9 Å². The van der Waals surface area contributed by atoms with Crippen LogP contribution in [0.4, 0.5) is 4.39 Å². The van der Waals surface area contributed by atoms with E-state index in [0.29, 0.717) is 5.56 Å². The predicted octanol–water partition coefficient (Wildman–Crippen LogP) is 5.28. The molecule has 0 spiro atoms. The molecule has 0 aliphatic heterocycles. The molecule has 0 heterocycles. The van der Waals surface area contributed by atoms with Gasteiger partial charge < -0.3 is 5.32 Å². The number of rotatable bonds is 5. The molecule has 0 amide bonds. The molecule has 4 heteroatoms. The minimum atomic E-state index is -0.174. The molecule has 2 aromatic carbocycles. The lowest BCUT2D eigenvalue weighted by atomic mass is 9.98. The maximum atomic E-state index is 14.1. The van der Waals surface area contributed by atoms with E-state index in [-0.39, 0.29) is 11.9 Å². The first-order valence-electron chi connectivity index (χ1n) is 6.56. The first-order valence-corrected chi connectivity index (χ1v) is 8.43. The Balaban J connectivity index is 2.47. The Bertz CT molecular complexity index is 588. The van der Waals surface area contributed by atoms with Crippen LogP contribution in [-0.2, 0) is 0 Å². The summed E-state index contributed by atoms with van der Waals surface area (Å²) >= 11 is 5.86. The van der Waals surface area contributed by atoms with E-state index in [9.17, 15) is 4.39 Å². The predicted molar refractivity (Wildman–Crippen MR) is 93.4 cm³/mol. The number of hydrogen-bond donors (Lipinski definition) is 1. The Morgan fingerprint density at radius 3 is 2.65 bits per heavy atom. The van der Waals surface area contributed by atoms with Crippen molar-refractivity contribution in [3.8, 4) is 0 Å². The first kappa shape index (κ1) is 15.9. The first-order chi connectivity index (χ1) is 9.63. The van der Waals surface area contributed by atoms with Gasteiger partial charge in [0.15, 0.2) is 0 Å². The summed E-state index contributed by atoms with van der Waals surface area (Å²) in [6.07, 6.45) is 1.01. The van der Waals surface area contributed by atoms with Crippen molar-refractivity contribution in [2.45, 2.75) is 19.4 Å². The van der Waals surface area contributed by atoms with Gasteiger partial charge in [0.05, 0.1) is 6.04 Å². The molecule has 0 saturated heterocycles. The van der Waals surface area contributed by atoms with Crippen molar-refractivity contribution in [2.24, 2.45) is 0 Å². The summed E-state index contributed by atoms with van der Waals surface area (Å²) in [6.45, 7) is 2.95. The van der Waals surface area contributed by atoms with Crippen LogP contribution in [0, 0.1) is 9.39 Å². The summed E-state index contributed by atoms with van der Waals surface area (Å²) in [5, 5.41) is 3.44. The fourth-order valence-electron chi connectivity index (χ4n) is 2.12. The maximum absolute atomic E-state index is 14.1. The molecular formula is C16H16BrFIN. The molecular weight excluding hydrogens is 432 g/mol. The molecule has 2 aromatic rings. The largest absolute Gasteiger partial charge is 0.306 e. The van der Waals surface area contributed by atoms with Crippen LogP contribution >= 0.6 is 38.5 Å². The molecule has 1 unspecified atom stereocenters. The van der Waals surface area contributed by atoms with Crippen molar-refractivity contribution in [3.05, 3.63) is 67.5 Å². The zero-order valence-electron chi connectivity index (χ0n) is 11.2. The topological polar surface area (TPSA) is 12.0 Å². The minimum Gasteiger partial charge on any atom is -0.306 e. The fourth-order valence-corrected chi connectivity index (χ4v) is 3.11. The molecule has 0 aliphatic rings. The minimum absolute atomic E-state index is 0.139. The summed E-state index contributed by atoms with van der Waals surface area (Å²) < 4.78 is 16.3. The molecule has 0 bridgehead atoms. The quantitative estimate of drug-likeness (QED) is 0.614. The Morgan fingerprint density at radius 1 is 1.20 bits per heavy atom. The second-order valence-corrected chi connectivity index (χ2v) is 6.67. The van der Waals surface area contributed by atoms with Gasteiger partial charge in [0.1, 0.15) is 5.82 Å². The highest BCUT2D eigenvalue weighted by atomic mass is 127. The Kier molecular flexibility index (Phi) is 5.99. The normalized spacial score (nSPS) is 12.4. The van der Waals surface area contributed by atoms with E-state index < -0.39 is 0 Å². The third-order valence-corrected chi connectivity index (χ3v) is 4.48. The van der Waals surface area contributed by atoms with Crippen molar-refractivity contribution in [1.29, 1.82) is 0 Å². The van der Waals surface area contributed by atoms with Gasteiger partial charge in [-0.3, -0.25) is 0 Å². The molecule has 1 atom stereocenters. The summed E-state index contributed by atoms with van der Waals surface area (Å²) in [6, 6.07) is 12.9. The summed E-state index contributed by atoms with van der Waals surface area (Å²) in [5.74, 6) is -0.174. The van der Waals surface area contributed by atoms with Crippen LogP contribution in [0.1, 0.15) is 30.5 Å². The van der Waals surface area contributed by atoms with Gasteiger partial charge in [-0.15, -0.1) is 0 Å². The second kappa shape index (κ2) is 7.52. The molecule has 0 saturated carbocycles. The fraction of sp³-hybridized carbons (Fsp3) is 0.250. The molecule has 20 heavy (non-hydrogen) atoms. The average Bonchev–Trinajstić information content (AvgIpc) is 2.44. The van der Waals surface area contributed by atoms with Crippen molar-refractivity contribution in [3.63, 3.8) is 0 Å². The Hall–Kier alpha value is -0.460. The third-order valence-electron chi connectivity index (χ3n) is 3.08. The molecule has 0 aliphatic carbocycles. The average molecular weight is 448 g/mol. The van der Waals surface area contributed by atoms with E-state index in [1.54, 1.807) is 6.07 Å². The molecule has 2 rings (SSSR count). The van der Waals surface area contributed by atoms with Gasteiger partial charge in [-0.1, -0.05) is 41.1 Å². The van der Waals surface area contributed by atoms with Gasteiger partial charge in [-0.25, -0.2) is 4.39 Å². The van der Waals surface area contributed by atoms with E-state index >= 15 is 0 Å². The molecule has 1 nitrogen and oxygen atoms in total. The van der Waals surface area contributed by atoms with Gasteiger partial charge in [0.25, 0.3) is 0 Å². The zero-order valence-corrected chi connectivity index (χ0v) is 14.9. The van der Waals surface area contributed by atoms with Gasteiger partial charge >= 0.3 is 0 Å². The van der Waals surface area contributed by atoms with Gasteiger partial charge in [0, 0.05) is 13.6 Å². The van der Waals surface area contributed by atoms with Crippen molar-refractivity contribution < 1.29 is 4.39 Å². The van der Waals surface area contributed by atoms with Crippen LogP contribution in [0.25, 0.3) is 0 Å². The lowest BCUT2D eigenvalue weighted by Gasteiger charge is -2.21. The van der Waals surface area contributed by atoms with Crippen LogP contribution in [0.3, 0.4) is 0 Å². The zero-order chi connectivity index (χ0) is 14.5. The van der Waals surface area contributed by atoms with E-state index in [1.807, 2.05) is 24.3 Å². The lowest BCUT2D eigenvalue weighted by Crippen LogP contribution is -2.24. The molecule has 0 radical (unpaired) electrons. The highest BCUT2D eigenvalue weighted by Gasteiger charge is 2.19. The van der Waals surface area contributed by atoms with Crippen molar-refractivity contribution in [2.75, 3.05) is 6.54 Å². The van der Waals surface area contributed by atoms with Crippen LogP contribution in [-0.4, -0.2) is 6.54 Å². The molecule has 0 fully saturated rings. The SMILES string of the molecule is CCCNC(c1ccccc1F)c1cc(I)ccc1Br. The van der Waals surface area contributed by atoms with Crippen molar-refractivity contribution in [1.82, 2.24) is 5.32 Å². The Labute approximate surface area is 141 Å². The van der Waals surface area contributed by atoms with Gasteiger partial charge in [-0.05, 0) is 65.4 Å². The number of hydrogen-bond acceptors (Lipinski definition) is 1. The third kappa shape index (κ3) is 3.80. The van der Waals surface area contributed by atoms with E-state index in [2.05, 4.69) is 56.8 Å². The van der Waals surface area contributed by atoms with Gasteiger partial charge in [0.2, 0.25) is 0 Å². The maximum Gasteiger partial charge on any atom is 0.128 e. The van der Waals surface area contributed by atoms with Crippen molar-refractivity contribution >= 4 is 38.5 Å². The molecule has 106 valence electrons. The van der Waals surface area contributed by atoms with Crippen LogP contribution < -0.4 is 5.32 Å². The summed E-state index contributed by atoms with van der Waals surface area (Å²) in [5.41, 5.74) is 1.75. The van der Waals surface area contributed by atoms with E-state index in [1.165, 1.54) is 6.07 Å². The monoisotopic (exact) mass is 447 g/mol. The second-order valence-electron chi connectivity index (χ2n) is 4.57. The smallest absolute Gasteiger partial charge is 0.128 e. The number of nitrogens with one attached hydrogen (secondary N) is 1. The molecule has 1 N–H and O–H groups in total. The number of benzene rings is 2. The van der Waals surface area contributed by atoms with Gasteiger partial charge in [-0.2, -0.15) is 0 Å². The molecule has 0 aromatic heterocycles. The summed E-state index contributed by atoms with van der Waals surface area (Å²) in [4.78, 5) is 0.